The van der Waals surface area contributed by atoms with Crippen molar-refractivity contribution >= 4 is 5.91 Å². The van der Waals surface area contributed by atoms with Gasteiger partial charge in [-0.3, -0.25) is 9.78 Å². The lowest BCUT2D eigenvalue weighted by molar-refractivity contribution is -0.140. The highest BCUT2D eigenvalue weighted by molar-refractivity contribution is 5.78. The largest absolute Gasteiger partial charge is 0.369 e. The molecule has 1 amide bonds. The van der Waals surface area contributed by atoms with Crippen molar-refractivity contribution in [2.75, 3.05) is 13.2 Å². The molecule has 1 aromatic rings. The molecule has 20 heavy (non-hydrogen) atoms. The van der Waals surface area contributed by atoms with Gasteiger partial charge in [-0.25, -0.2) is 0 Å². The van der Waals surface area contributed by atoms with Crippen molar-refractivity contribution in [1.82, 2.24) is 9.88 Å². The van der Waals surface area contributed by atoms with Gasteiger partial charge in [-0.15, -0.1) is 0 Å². The second-order valence-electron chi connectivity index (χ2n) is 5.59. The van der Waals surface area contributed by atoms with E-state index in [1.165, 1.54) is 18.4 Å². The van der Waals surface area contributed by atoms with Crippen LogP contribution in [0.15, 0.2) is 24.5 Å². The zero-order valence-electron chi connectivity index (χ0n) is 12.4. The molecule has 2 heterocycles. The molecule has 4 nitrogen and oxygen atoms in total. The molecule has 1 saturated heterocycles. The van der Waals surface area contributed by atoms with E-state index in [4.69, 9.17) is 4.74 Å². The average Bonchev–Trinajstić information content (AvgIpc) is 2.71. The first-order chi connectivity index (χ1) is 9.68. The topological polar surface area (TPSA) is 42.4 Å². The molecule has 1 aliphatic rings. The number of ether oxygens (including phenoxy) is 1. The lowest BCUT2D eigenvalue weighted by atomic mass is 10.0. The van der Waals surface area contributed by atoms with Crippen molar-refractivity contribution < 1.29 is 9.53 Å². The van der Waals surface area contributed by atoms with E-state index < -0.39 is 0 Å². The number of hydrogen-bond acceptors (Lipinski definition) is 3. The summed E-state index contributed by atoms with van der Waals surface area (Å²) in [5.41, 5.74) is 1.18. The molecule has 2 rings (SSSR count). The highest BCUT2D eigenvalue weighted by Gasteiger charge is 2.26. The molecule has 1 aromatic heterocycles. The first-order valence-electron chi connectivity index (χ1n) is 7.49. The van der Waals surface area contributed by atoms with Crippen LogP contribution < -0.4 is 0 Å². The molecule has 110 valence electrons. The number of amides is 1. The summed E-state index contributed by atoms with van der Waals surface area (Å²) >= 11 is 0. The van der Waals surface area contributed by atoms with Crippen LogP contribution in [0.5, 0.6) is 0 Å². The maximum Gasteiger partial charge on any atom is 0.249 e. The second kappa shape index (κ2) is 7.39. The summed E-state index contributed by atoms with van der Waals surface area (Å²) in [6, 6.07) is 4.20. The van der Waals surface area contributed by atoms with Gasteiger partial charge in [-0.1, -0.05) is 12.8 Å². The number of hydrogen-bond donors (Lipinski definition) is 0. The lowest BCUT2D eigenvalue weighted by Gasteiger charge is -2.30. The Hall–Kier alpha value is -1.42. The van der Waals surface area contributed by atoms with Gasteiger partial charge in [0.25, 0.3) is 0 Å². The molecule has 0 aliphatic carbocycles. The SMILES string of the molecule is CC(C)OCC(=O)N1CCCCCC1c1ccncc1. The summed E-state index contributed by atoms with van der Waals surface area (Å²) < 4.78 is 5.48. The Labute approximate surface area is 121 Å². The quantitative estimate of drug-likeness (QED) is 0.849. The van der Waals surface area contributed by atoms with Crippen LogP contribution in [0.1, 0.15) is 51.1 Å². The van der Waals surface area contributed by atoms with Gasteiger partial charge in [-0.05, 0) is 44.4 Å². The summed E-state index contributed by atoms with van der Waals surface area (Å²) in [7, 11) is 0. The number of carbonyl (C=O) groups is 1. The van der Waals surface area contributed by atoms with Crippen molar-refractivity contribution in [1.29, 1.82) is 0 Å². The number of aromatic nitrogens is 1. The van der Waals surface area contributed by atoms with Crippen LogP contribution in [-0.4, -0.2) is 35.0 Å². The molecular weight excluding hydrogens is 252 g/mol. The Morgan fingerprint density at radius 1 is 1.35 bits per heavy atom. The van der Waals surface area contributed by atoms with Gasteiger partial charge < -0.3 is 9.64 Å². The first kappa shape index (κ1) is 15.0. The molecular formula is C16H24N2O2. The van der Waals surface area contributed by atoms with Gasteiger partial charge in [-0.2, -0.15) is 0 Å². The van der Waals surface area contributed by atoms with Crippen LogP contribution in [-0.2, 0) is 9.53 Å². The summed E-state index contributed by atoms with van der Waals surface area (Å²) in [6.07, 6.45) is 8.15. The van der Waals surface area contributed by atoms with Crippen LogP contribution in [0.3, 0.4) is 0 Å². The van der Waals surface area contributed by atoms with Crippen LogP contribution in [0.4, 0.5) is 0 Å². The van der Waals surface area contributed by atoms with E-state index in [2.05, 4.69) is 4.98 Å². The van der Waals surface area contributed by atoms with Gasteiger partial charge in [0.15, 0.2) is 0 Å². The summed E-state index contributed by atoms with van der Waals surface area (Å²) in [4.78, 5) is 18.5. The first-order valence-corrected chi connectivity index (χ1v) is 7.49. The van der Waals surface area contributed by atoms with E-state index >= 15 is 0 Å². The highest BCUT2D eigenvalue weighted by Crippen LogP contribution is 2.29. The van der Waals surface area contributed by atoms with Gasteiger partial charge >= 0.3 is 0 Å². The molecule has 1 atom stereocenters. The number of carbonyl (C=O) groups excluding carboxylic acids is 1. The third-order valence-electron chi connectivity index (χ3n) is 3.70. The molecule has 0 bridgehead atoms. The Morgan fingerprint density at radius 2 is 2.10 bits per heavy atom. The number of pyridine rings is 1. The monoisotopic (exact) mass is 276 g/mol. The van der Waals surface area contributed by atoms with Gasteiger partial charge in [0.1, 0.15) is 6.61 Å². The molecule has 1 fully saturated rings. The van der Waals surface area contributed by atoms with Crippen molar-refractivity contribution in [3.8, 4) is 0 Å². The fourth-order valence-electron chi connectivity index (χ4n) is 2.66. The van der Waals surface area contributed by atoms with Gasteiger partial charge in [0, 0.05) is 18.9 Å². The maximum absolute atomic E-state index is 12.4. The second-order valence-corrected chi connectivity index (χ2v) is 5.59. The Morgan fingerprint density at radius 3 is 2.80 bits per heavy atom. The third kappa shape index (κ3) is 4.04. The zero-order valence-corrected chi connectivity index (χ0v) is 12.4. The summed E-state index contributed by atoms with van der Waals surface area (Å²) in [6.45, 7) is 4.92. The third-order valence-corrected chi connectivity index (χ3v) is 3.70. The van der Waals surface area contributed by atoms with Gasteiger partial charge in [0.2, 0.25) is 5.91 Å². The van der Waals surface area contributed by atoms with E-state index in [0.29, 0.717) is 0 Å². The Bertz CT molecular complexity index is 420. The predicted molar refractivity (Wildman–Crippen MR) is 78.2 cm³/mol. The van der Waals surface area contributed by atoms with E-state index in [1.807, 2.05) is 30.9 Å². The zero-order chi connectivity index (χ0) is 14.4. The van der Waals surface area contributed by atoms with E-state index in [-0.39, 0.29) is 24.7 Å². The summed E-state index contributed by atoms with van der Waals surface area (Å²) in [5, 5.41) is 0. The minimum atomic E-state index is 0.0882. The minimum Gasteiger partial charge on any atom is -0.369 e. The number of likely N-dealkylation sites (tertiary alicyclic amines) is 1. The molecule has 1 unspecified atom stereocenters. The van der Waals surface area contributed by atoms with Crippen molar-refractivity contribution in [2.24, 2.45) is 0 Å². The van der Waals surface area contributed by atoms with E-state index in [9.17, 15) is 4.79 Å². The van der Waals surface area contributed by atoms with Gasteiger partial charge in [0.05, 0.1) is 12.1 Å². The Kier molecular flexibility index (Phi) is 5.53. The van der Waals surface area contributed by atoms with E-state index in [1.54, 1.807) is 12.4 Å². The highest BCUT2D eigenvalue weighted by atomic mass is 16.5. The van der Waals surface area contributed by atoms with Crippen LogP contribution >= 0.6 is 0 Å². The fourth-order valence-corrected chi connectivity index (χ4v) is 2.66. The smallest absolute Gasteiger partial charge is 0.249 e. The average molecular weight is 276 g/mol. The van der Waals surface area contributed by atoms with E-state index in [0.717, 1.165) is 19.4 Å². The molecule has 4 heteroatoms. The molecule has 0 spiro atoms. The van der Waals surface area contributed by atoms with Crippen LogP contribution in [0, 0.1) is 0 Å². The molecule has 0 aromatic carbocycles. The predicted octanol–water partition coefficient (Wildman–Crippen LogP) is 2.95. The van der Waals surface area contributed by atoms with Crippen molar-refractivity contribution in [3.05, 3.63) is 30.1 Å². The van der Waals surface area contributed by atoms with Crippen LogP contribution in [0.2, 0.25) is 0 Å². The number of nitrogens with zero attached hydrogens (tertiary/aromatic N) is 2. The van der Waals surface area contributed by atoms with Crippen molar-refractivity contribution in [3.63, 3.8) is 0 Å². The molecule has 0 saturated carbocycles. The standard InChI is InChI=1S/C16H24N2O2/c1-13(2)20-12-16(19)18-11-5-3-4-6-15(18)14-7-9-17-10-8-14/h7-10,13,15H,3-6,11-12H2,1-2H3. The minimum absolute atomic E-state index is 0.0882. The van der Waals surface area contributed by atoms with Crippen molar-refractivity contribution in [2.45, 2.75) is 51.7 Å². The maximum atomic E-state index is 12.4. The Balaban J connectivity index is 2.11. The lowest BCUT2D eigenvalue weighted by Crippen LogP contribution is -2.37. The fraction of sp³-hybridized carbons (Fsp3) is 0.625. The molecule has 0 N–H and O–H groups in total. The van der Waals surface area contributed by atoms with Crippen LogP contribution in [0.25, 0.3) is 0 Å². The normalized spacial score (nSPS) is 19.9. The summed E-state index contributed by atoms with van der Waals surface area (Å²) in [5.74, 6) is 0.0995. The molecule has 0 radical (unpaired) electrons. The number of rotatable bonds is 4. The molecule has 1 aliphatic heterocycles.